The van der Waals surface area contributed by atoms with E-state index in [0.717, 1.165) is 27.5 Å². The van der Waals surface area contributed by atoms with Crippen molar-refractivity contribution in [3.05, 3.63) is 94.9 Å². The first-order valence-corrected chi connectivity index (χ1v) is 8.59. The van der Waals surface area contributed by atoms with Gasteiger partial charge in [0.1, 0.15) is 0 Å². The number of aryl methyl sites for hydroxylation is 1. The highest BCUT2D eigenvalue weighted by Gasteiger charge is 2.21. The molecule has 0 aliphatic carbocycles. The highest BCUT2D eigenvalue weighted by molar-refractivity contribution is 6.30. The van der Waals surface area contributed by atoms with Crippen molar-refractivity contribution in [3.63, 3.8) is 0 Å². The Hall–Kier alpha value is -2.78. The monoisotopic (exact) mass is 347 g/mol. The number of rotatable bonds is 4. The van der Waals surface area contributed by atoms with Crippen LogP contribution < -0.4 is 5.32 Å². The van der Waals surface area contributed by atoms with Gasteiger partial charge in [-0.3, -0.25) is 4.98 Å². The first-order valence-electron chi connectivity index (χ1n) is 8.21. The topological polar surface area (TPSA) is 40.7 Å². The SMILES string of the molecule is Cc1[nH]c2ccccc2c1[C@@H](Nc1ccc(Cl)cc1)c1cccnc1. The highest BCUT2D eigenvalue weighted by atomic mass is 35.5. The number of nitrogens with zero attached hydrogens (tertiary/aromatic N) is 1. The quantitative estimate of drug-likeness (QED) is 0.495. The number of benzene rings is 2. The van der Waals surface area contributed by atoms with Gasteiger partial charge in [0, 0.05) is 45.3 Å². The molecule has 4 rings (SSSR count). The van der Waals surface area contributed by atoms with Gasteiger partial charge in [-0.1, -0.05) is 35.9 Å². The smallest absolute Gasteiger partial charge is 0.0805 e. The number of hydrogen-bond donors (Lipinski definition) is 2. The first-order chi connectivity index (χ1) is 12.2. The van der Waals surface area contributed by atoms with E-state index in [2.05, 4.69) is 46.5 Å². The number of pyridine rings is 1. The third-order valence-corrected chi connectivity index (χ3v) is 4.66. The maximum atomic E-state index is 6.03. The van der Waals surface area contributed by atoms with Crippen molar-refractivity contribution in [3.8, 4) is 0 Å². The molecular formula is C21H18ClN3. The Labute approximate surface area is 151 Å². The molecule has 0 amide bonds. The fourth-order valence-corrected chi connectivity index (χ4v) is 3.38. The average molecular weight is 348 g/mol. The van der Waals surface area contributed by atoms with Gasteiger partial charge in [0.2, 0.25) is 0 Å². The molecular weight excluding hydrogens is 330 g/mol. The van der Waals surface area contributed by atoms with E-state index in [4.69, 9.17) is 11.6 Å². The molecule has 0 spiro atoms. The van der Waals surface area contributed by atoms with E-state index in [9.17, 15) is 0 Å². The Morgan fingerprint density at radius 3 is 2.56 bits per heavy atom. The lowest BCUT2D eigenvalue weighted by Gasteiger charge is -2.21. The van der Waals surface area contributed by atoms with E-state index < -0.39 is 0 Å². The molecule has 3 nitrogen and oxygen atoms in total. The zero-order chi connectivity index (χ0) is 17.2. The number of halogens is 1. The largest absolute Gasteiger partial charge is 0.374 e. The van der Waals surface area contributed by atoms with Crippen molar-refractivity contribution in [1.29, 1.82) is 0 Å². The van der Waals surface area contributed by atoms with E-state index in [1.54, 1.807) is 6.20 Å². The summed E-state index contributed by atoms with van der Waals surface area (Å²) in [4.78, 5) is 7.80. The lowest BCUT2D eigenvalue weighted by Crippen LogP contribution is -2.13. The number of aromatic nitrogens is 2. The molecule has 0 saturated carbocycles. The van der Waals surface area contributed by atoms with Crippen LogP contribution in [0.4, 0.5) is 5.69 Å². The van der Waals surface area contributed by atoms with Crippen LogP contribution in [0.3, 0.4) is 0 Å². The van der Waals surface area contributed by atoms with Crippen LogP contribution in [0.2, 0.25) is 5.02 Å². The molecule has 0 saturated heterocycles. The number of H-pyrrole nitrogens is 1. The average Bonchev–Trinajstić information content (AvgIpc) is 2.98. The molecule has 0 aliphatic heterocycles. The second kappa shape index (κ2) is 6.61. The fourth-order valence-electron chi connectivity index (χ4n) is 3.25. The molecule has 0 aliphatic rings. The third kappa shape index (κ3) is 3.11. The minimum Gasteiger partial charge on any atom is -0.374 e. The van der Waals surface area contributed by atoms with Gasteiger partial charge in [0.15, 0.2) is 0 Å². The molecule has 124 valence electrons. The summed E-state index contributed by atoms with van der Waals surface area (Å²) >= 11 is 6.03. The Balaban J connectivity index is 1.85. The van der Waals surface area contributed by atoms with E-state index in [-0.39, 0.29) is 6.04 Å². The van der Waals surface area contributed by atoms with Crippen molar-refractivity contribution in [2.24, 2.45) is 0 Å². The van der Waals surface area contributed by atoms with Crippen molar-refractivity contribution >= 4 is 28.2 Å². The predicted octanol–water partition coefficient (Wildman–Crippen LogP) is 5.73. The minimum atomic E-state index is -0.00831. The van der Waals surface area contributed by atoms with Crippen molar-refractivity contribution in [2.45, 2.75) is 13.0 Å². The van der Waals surface area contributed by atoms with Crippen LogP contribution in [0, 0.1) is 6.92 Å². The minimum absolute atomic E-state index is 0.00831. The van der Waals surface area contributed by atoms with E-state index in [1.807, 2.05) is 42.6 Å². The fraction of sp³-hybridized carbons (Fsp3) is 0.0952. The summed E-state index contributed by atoms with van der Waals surface area (Å²) in [6.45, 7) is 2.11. The molecule has 2 aromatic heterocycles. The zero-order valence-electron chi connectivity index (χ0n) is 13.8. The van der Waals surface area contributed by atoms with Crippen LogP contribution in [0.5, 0.6) is 0 Å². The number of para-hydroxylation sites is 1. The molecule has 4 heteroatoms. The third-order valence-electron chi connectivity index (χ3n) is 4.41. The van der Waals surface area contributed by atoms with Crippen LogP contribution in [-0.4, -0.2) is 9.97 Å². The second-order valence-corrected chi connectivity index (χ2v) is 6.52. The molecule has 25 heavy (non-hydrogen) atoms. The predicted molar refractivity (Wildman–Crippen MR) is 104 cm³/mol. The van der Waals surface area contributed by atoms with Gasteiger partial charge >= 0.3 is 0 Å². The summed E-state index contributed by atoms with van der Waals surface area (Å²) in [5, 5.41) is 5.59. The van der Waals surface area contributed by atoms with Gasteiger partial charge in [-0.05, 0) is 48.9 Å². The van der Waals surface area contributed by atoms with Crippen LogP contribution in [-0.2, 0) is 0 Å². The van der Waals surface area contributed by atoms with Crippen LogP contribution in [0.1, 0.15) is 22.9 Å². The Bertz CT molecular complexity index is 991. The summed E-state index contributed by atoms with van der Waals surface area (Å²) < 4.78 is 0. The number of aromatic amines is 1. The van der Waals surface area contributed by atoms with Crippen molar-refractivity contribution < 1.29 is 0 Å². The summed E-state index contributed by atoms with van der Waals surface area (Å²) in [7, 11) is 0. The number of hydrogen-bond acceptors (Lipinski definition) is 2. The van der Waals surface area contributed by atoms with E-state index in [0.29, 0.717) is 0 Å². The van der Waals surface area contributed by atoms with Gasteiger partial charge in [-0.25, -0.2) is 0 Å². The molecule has 1 atom stereocenters. The van der Waals surface area contributed by atoms with Gasteiger partial charge < -0.3 is 10.3 Å². The van der Waals surface area contributed by atoms with Gasteiger partial charge in [-0.2, -0.15) is 0 Å². The second-order valence-electron chi connectivity index (χ2n) is 6.08. The maximum Gasteiger partial charge on any atom is 0.0805 e. The summed E-state index contributed by atoms with van der Waals surface area (Å²) in [6.07, 6.45) is 3.71. The molecule has 2 aromatic carbocycles. The highest BCUT2D eigenvalue weighted by Crippen LogP contribution is 2.34. The first kappa shape index (κ1) is 15.7. The Morgan fingerprint density at radius 1 is 1.00 bits per heavy atom. The van der Waals surface area contributed by atoms with E-state index in [1.165, 1.54) is 10.9 Å². The van der Waals surface area contributed by atoms with Crippen LogP contribution in [0.25, 0.3) is 10.9 Å². The van der Waals surface area contributed by atoms with Crippen LogP contribution >= 0.6 is 11.6 Å². The maximum absolute atomic E-state index is 6.03. The lowest BCUT2D eigenvalue weighted by atomic mass is 9.97. The number of nitrogens with one attached hydrogen (secondary N) is 2. The normalized spacial score (nSPS) is 12.2. The van der Waals surface area contributed by atoms with Gasteiger partial charge in [0.25, 0.3) is 0 Å². The molecule has 2 heterocycles. The van der Waals surface area contributed by atoms with Crippen molar-refractivity contribution in [2.75, 3.05) is 5.32 Å². The number of anilines is 1. The van der Waals surface area contributed by atoms with Gasteiger partial charge in [0.05, 0.1) is 6.04 Å². The Kier molecular flexibility index (Phi) is 4.16. The van der Waals surface area contributed by atoms with E-state index >= 15 is 0 Å². The molecule has 2 N–H and O–H groups in total. The molecule has 0 bridgehead atoms. The summed E-state index contributed by atoms with van der Waals surface area (Å²) in [5.41, 5.74) is 5.66. The lowest BCUT2D eigenvalue weighted by molar-refractivity contribution is 0.923. The Morgan fingerprint density at radius 2 is 1.80 bits per heavy atom. The summed E-state index contributed by atoms with van der Waals surface area (Å²) in [5.74, 6) is 0. The molecule has 0 fully saturated rings. The molecule has 4 aromatic rings. The molecule has 0 radical (unpaired) electrons. The standard InChI is InChI=1S/C21H18ClN3/c1-14-20(18-6-2-3-7-19(18)24-14)21(15-5-4-12-23-13-15)25-17-10-8-16(22)9-11-17/h2-13,21,24-25H,1H3/t21-/m0/s1. The molecule has 0 unspecified atom stereocenters. The van der Waals surface area contributed by atoms with Gasteiger partial charge in [-0.15, -0.1) is 0 Å². The van der Waals surface area contributed by atoms with Crippen molar-refractivity contribution in [1.82, 2.24) is 9.97 Å². The summed E-state index contributed by atoms with van der Waals surface area (Å²) in [6, 6.07) is 20.2. The number of fused-ring (bicyclic) bond motifs is 1. The zero-order valence-corrected chi connectivity index (χ0v) is 14.6. The van der Waals surface area contributed by atoms with Crippen LogP contribution in [0.15, 0.2) is 73.1 Å².